The number of nitrogens with zero attached hydrogens (tertiary/aromatic N) is 3. The molecule has 4 fully saturated rings. The quantitative estimate of drug-likeness (QED) is 0.777. The van der Waals surface area contributed by atoms with Gasteiger partial charge in [0, 0.05) is 31.9 Å². The molecule has 1 saturated heterocycles. The molecule has 3 heterocycles. The fourth-order valence-electron chi connectivity index (χ4n) is 6.20. The molecule has 0 radical (unpaired) electrons. The van der Waals surface area contributed by atoms with E-state index in [1.807, 2.05) is 0 Å². The number of hydrogen-bond donors (Lipinski definition) is 2. The van der Waals surface area contributed by atoms with E-state index in [0.29, 0.717) is 37.1 Å². The molecule has 3 aliphatic carbocycles. The van der Waals surface area contributed by atoms with E-state index < -0.39 is 17.2 Å². The predicted molar refractivity (Wildman–Crippen MR) is 116 cm³/mol. The van der Waals surface area contributed by atoms with Gasteiger partial charge in [0.05, 0.1) is 5.39 Å². The Morgan fingerprint density at radius 3 is 2.74 bits per heavy atom. The van der Waals surface area contributed by atoms with Crippen LogP contribution < -0.4 is 16.1 Å². The highest BCUT2D eigenvalue weighted by Crippen LogP contribution is 2.61. The van der Waals surface area contributed by atoms with Crippen LogP contribution in [0.3, 0.4) is 0 Å². The molecule has 0 aromatic carbocycles. The minimum Gasteiger partial charge on any atom is -0.477 e. The zero-order chi connectivity index (χ0) is 22.1. The first-order chi connectivity index (χ1) is 14.7. The number of carboxylic acid groups (broad SMARTS) is 1. The van der Waals surface area contributed by atoms with Crippen LogP contribution >= 0.6 is 0 Å². The SMILES string of the molecule is CC1(C)[C@@H]2CC[C@H](Cn3cc(C(=O)O)c(=O)c4cc(F)c(N5CCC(N)C5)nc43)[C@H]1C2. The molecular formula is C23H29FN4O3. The highest BCUT2D eigenvalue weighted by Gasteiger charge is 2.54. The lowest BCUT2D eigenvalue weighted by molar-refractivity contribution is -0.108. The molecule has 0 spiro atoms. The van der Waals surface area contributed by atoms with E-state index in [0.717, 1.165) is 31.2 Å². The molecule has 2 aromatic heterocycles. The summed E-state index contributed by atoms with van der Waals surface area (Å²) in [5.74, 6) is -0.0400. The molecule has 4 aliphatic rings. The van der Waals surface area contributed by atoms with E-state index in [1.54, 1.807) is 9.47 Å². The zero-order valence-corrected chi connectivity index (χ0v) is 18.0. The second kappa shape index (κ2) is 7.02. The van der Waals surface area contributed by atoms with Gasteiger partial charge in [0.25, 0.3) is 0 Å². The molecule has 1 aliphatic heterocycles. The number of anilines is 1. The van der Waals surface area contributed by atoms with Gasteiger partial charge in [-0.2, -0.15) is 0 Å². The number of fused-ring (bicyclic) bond motifs is 3. The van der Waals surface area contributed by atoms with Crippen LogP contribution in [0.2, 0.25) is 0 Å². The second-order valence-electron chi connectivity index (χ2n) is 10.2. The van der Waals surface area contributed by atoms with E-state index in [1.165, 1.54) is 12.6 Å². The largest absolute Gasteiger partial charge is 0.477 e. The van der Waals surface area contributed by atoms with Crippen LogP contribution in [-0.2, 0) is 6.54 Å². The van der Waals surface area contributed by atoms with Crippen LogP contribution in [0.25, 0.3) is 11.0 Å². The third-order valence-corrected chi connectivity index (χ3v) is 8.17. The maximum atomic E-state index is 14.9. The van der Waals surface area contributed by atoms with Crippen molar-refractivity contribution in [3.8, 4) is 0 Å². The zero-order valence-electron chi connectivity index (χ0n) is 18.0. The molecule has 6 rings (SSSR count). The molecule has 0 amide bonds. The van der Waals surface area contributed by atoms with Gasteiger partial charge >= 0.3 is 5.97 Å². The Bertz CT molecular complexity index is 1130. The van der Waals surface area contributed by atoms with E-state index >= 15 is 0 Å². The molecule has 31 heavy (non-hydrogen) atoms. The number of pyridine rings is 2. The van der Waals surface area contributed by atoms with Crippen molar-refractivity contribution in [3.05, 3.63) is 33.9 Å². The Balaban J connectivity index is 1.62. The van der Waals surface area contributed by atoms with Gasteiger partial charge in [0.2, 0.25) is 5.43 Å². The molecule has 3 saturated carbocycles. The number of aromatic nitrogens is 2. The summed E-state index contributed by atoms with van der Waals surface area (Å²) in [6.07, 6.45) is 5.58. The number of carboxylic acids is 1. The van der Waals surface area contributed by atoms with Crippen molar-refractivity contribution >= 4 is 22.8 Å². The average molecular weight is 429 g/mol. The Labute approximate surface area is 180 Å². The van der Waals surface area contributed by atoms with Crippen molar-refractivity contribution in [1.82, 2.24) is 9.55 Å². The van der Waals surface area contributed by atoms with Crippen LogP contribution in [0, 0.1) is 29.0 Å². The molecule has 2 bridgehead atoms. The fraction of sp³-hybridized carbons (Fsp3) is 0.609. The monoisotopic (exact) mass is 428 g/mol. The minimum absolute atomic E-state index is 0.0196. The van der Waals surface area contributed by atoms with Crippen LogP contribution in [0.5, 0.6) is 0 Å². The minimum atomic E-state index is -1.30. The van der Waals surface area contributed by atoms with Gasteiger partial charge in [-0.15, -0.1) is 0 Å². The van der Waals surface area contributed by atoms with Gasteiger partial charge in [-0.1, -0.05) is 13.8 Å². The summed E-state index contributed by atoms with van der Waals surface area (Å²) in [6, 6.07) is 1.11. The summed E-state index contributed by atoms with van der Waals surface area (Å²) >= 11 is 0. The Kier molecular flexibility index (Phi) is 4.62. The van der Waals surface area contributed by atoms with Crippen molar-refractivity contribution in [3.63, 3.8) is 0 Å². The van der Waals surface area contributed by atoms with Crippen molar-refractivity contribution in [2.75, 3.05) is 18.0 Å². The lowest BCUT2D eigenvalue weighted by Gasteiger charge is -2.60. The maximum absolute atomic E-state index is 14.9. The summed E-state index contributed by atoms with van der Waals surface area (Å²) in [7, 11) is 0. The first-order valence-corrected chi connectivity index (χ1v) is 11.1. The van der Waals surface area contributed by atoms with Crippen molar-refractivity contribution < 1.29 is 14.3 Å². The maximum Gasteiger partial charge on any atom is 0.341 e. The van der Waals surface area contributed by atoms with Crippen LogP contribution in [-0.4, -0.2) is 39.8 Å². The van der Waals surface area contributed by atoms with E-state index in [4.69, 9.17) is 5.73 Å². The van der Waals surface area contributed by atoms with Crippen LogP contribution in [0.4, 0.5) is 10.2 Å². The second-order valence-corrected chi connectivity index (χ2v) is 10.2. The number of nitrogens with two attached hydrogens (primary N) is 1. The van der Waals surface area contributed by atoms with Gasteiger partial charge in [-0.05, 0) is 54.9 Å². The molecule has 166 valence electrons. The van der Waals surface area contributed by atoms with Crippen molar-refractivity contribution in [2.24, 2.45) is 28.9 Å². The molecule has 7 nitrogen and oxygen atoms in total. The lowest BCUT2D eigenvalue weighted by Crippen LogP contribution is -2.53. The number of halogens is 1. The van der Waals surface area contributed by atoms with E-state index in [-0.39, 0.29) is 28.2 Å². The normalized spacial score (nSPS) is 29.2. The first kappa shape index (κ1) is 20.4. The van der Waals surface area contributed by atoms with Crippen molar-refractivity contribution in [2.45, 2.75) is 52.1 Å². The number of rotatable bonds is 4. The average Bonchev–Trinajstić information content (AvgIpc) is 3.15. The molecule has 3 N–H and O–H groups in total. The summed E-state index contributed by atoms with van der Waals surface area (Å²) < 4.78 is 16.7. The van der Waals surface area contributed by atoms with Crippen molar-refractivity contribution in [1.29, 1.82) is 0 Å². The third-order valence-electron chi connectivity index (χ3n) is 8.17. The highest BCUT2D eigenvalue weighted by atomic mass is 19.1. The lowest BCUT2D eigenvalue weighted by atomic mass is 9.45. The molecule has 8 heteroatoms. The summed E-state index contributed by atoms with van der Waals surface area (Å²) in [5, 5.41) is 9.59. The number of carbonyl (C=O) groups is 1. The third kappa shape index (κ3) is 3.14. The standard InChI is InChI=1S/C23H29FN4O3/c1-23(2)13-4-3-12(17(23)7-13)9-28-11-16(22(30)31)19(29)15-8-18(24)21(26-20(15)28)27-6-5-14(25)10-27/h8,11-14,17H,3-7,9-10,25H2,1-2H3,(H,30,31)/t12-,13-,14?,17-/m1/s1. The Morgan fingerprint density at radius 2 is 2.13 bits per heavy atom. The first-order valence-electron chi connectivity index (χ1n) is 11.1. The summed E-state index contributed by atoms with van der Waals surface area (Å²) in [4.78, 5) is 30.9. The number of hydrogen-bond acceptors (Lipinski definition) is 5. The Morgan fingerprint density at radius 1 is 1.35 bits per heavy atom. The number of aromatic carboxylic acids is 1. The van der Waals surface area contributed by atoms with Gasteiger partial charge < -0.3 is 20.3 Å². The summed E-state index contributed by atoms with van der Waals surface area (Å²) in [5.41, 5.74) is 5.59. The molecule has 2 aromatic rings. The smallest absolute Gasteiger partial charge is 0.341 e. The van der Waals surface area contributed by atoms with Gasteiger partial charge in [-0.25, -0.2) is 14.2 Å². The van der Waals surface area contributed by atoms with E-state index in [2.05, 4.69) is 18.8 Å². The van der Waals surface area contributed by atoms with Crippen LogP contribution in [0.15, 0.2) is 17.1 Å². The Hall–Kier alpha value is -2.48. The molecular weight excluding hydrogens is 399 g/mol. The highest BCUT2D eigenvalue weighted by molar-refractivity contribution is 5.92. The fourth-order valence-corrected chi connectivity index (χ4v) is 6.20. The molecule has 1 unspecified atom stereocenters. The van der Waals surface area contributed by atoms with Gasteiger partial charge in [-0.3, -0.25) is 4.79 Å². The predicted octanol–water partition coefficient (Wildman–Crippen LogP) is 2.84. The van der Waals surface area contributed by atoms with Crippen LogP contribution in [0.1, 0.15) is 49.9 Å². The van der Waals surface area contributed by atoms with Gasteiger partial charge in [0.15, 0.2) is 11.6 Å². The molecule has 4 atom stereocenters. The topological polar surface area (TPSA) is 101 Å². The summed E-state index contributed by atoms with van der Waals surface area (Å²) in [6.45, 7) is 6.32. The van der Waals surface area contributed by atoms with E-state index in [9.17, 15) is 19.1 Å². The van der Waals surface area contributed by atoms with Gasteiger partial charge in [0.1, 0.15) is 11.2 Å².